The Hall–Kier alpha value is -2.37. The molecule has 6 heteroatoms. The number of hydrogen-bond acceptors (Lipinski definition) is 6. The van der Waals surface area contributed by atoms with Crippen molar-refractivity contribution in [3.63, 3.8) is 0 Å². The molecule has 0 spiro atoms. The van der Waals surface area contributed by atoms with Crippen LogP contribution in [0.15, 0.2) is 34.5 Å². The molecule has 0 aliphatic rings. The van der Waals surface area contributed by atoms with E-state index in [9.17, 15) is 4.79 Å². The Labute approximate surface area is 105 Å². The van der Waals surface area contributed by atoms with E-state index in [-0.39, 0.29) is 12.3 Å². The normalized spacial score (nSPS) is 11.6. The third-order valence-electron chi connectivity index (χ3n) is 2.02. The average Bonchev–Trinajstić information content (AvgIpc) is 2.36. The first kappa shape index (κ1) is 13.7. The fourth-order valence-corrected chi connectivity index (χ4v) is 1.14. The molecule has 0 aliphatic heterocycles. The molecule has 0 radical (unpaired) electrons. The summed E-state index contributed by atoms with van der Waals surface area (Å²) < 4.78 is 4.75. The van der Waals surface area contributed by atoms with Gasteiger partial charge in [0.25, 0.3) is 0 Å². The zero-order chi connectivity index (χ0) is 13.4. The minimum absolute atomic E-state index is 0.111. The van der Waals surface area contributed by atoms with E-state index in [4.69, 9.17) is 9.94 Å². The number of nitrogens with one attached hydrogen (secondary N) is 1. The van der Waals surface area contributed by atoms with Crippen LogP contribution < -0.4 is 5.43 Å². The number of nitrogens with zero attached hydrogens (tertiary/aromatic N) is 2. The standard InChI is InChI=1S/C12H15N3O3/c1-3-18-12(16)11(8-13-17)15-14-10-6-4-9(2)5-7-10/h4-8,14,17H,3H2,1-2H3/b13-8-,15-11-. The number of anilines is 1. The number of carbonyl (C=O) groups excluding carboxylic acids is 1. The number of esters is 1. The van der Waals surface area contributed by atoms with Crippen molar-refractivity contribution in [2.75, 3.05) is 12.0 Å². The fraction of sp³-hybridized carbons (Fsp3) is 0.250. The summed E-state index contributed by atoms with van der Waals surface area (Å²) in [7, 11) is 0. The minimum atomic E-state index is -0.657. The van der Waals surface area contributed by atoms with Crippen LogP contribution in [0.5, 0.6) is 0 Å². The number of oxime groups is 1. The summed E-state index contributed by atoms with van der Waals surface area (Å²) in [6, 6.07) is 7.44. The lowest BCUT2D eigenvalue weighted by Crippen LogP contribution is -2.20. The van der Waals surface area contributed by atoms with Crippen molar-refractivity contribution in [2.24, 2.45) is 10.3 Å². The van der Waals surface area contributed by atoms with Gasteiger partial charge in [-0.2, -0.15) is 5.10 Å². The summed E-state index contributed by atoms with van der Waals surface area (Å²) in [4.78, 5) is 11.4. The highest BCUT2D eigenvalue weighted by atomic mass is 16.5. The zero-order valence-electron chi connectivity index (χ0n) is 10.3. The molecule has 6 nitrogen and oxygen atoms in total. The van der Waals surface area contributed by atoms with Gasteiger partial charge in [-0.1, -0.05) is 22.9 Å². The summed E-state index contributed by atoms with van der Waals surface area (Å²) in [5.41, 5.74) is 4.40. The molecule has 2 N–H and O–H groups in total. The van der Waals surface area contributed by atoms with Crippen LogP contribution in [-0.2, 0) is 9.53 Å². The van der Waals surface area contributed by atoms with Crippen LogP contribution in [0.2, 0.25) is 0 Å². The Morgan fingerprint density at radius 2 is 2.11 bits per heavy atom. The van der Waals surface area contributed by atoms with Gasteiger partial charge in [0.1, 0.15) is 6.21 Å². The molecule has 0 unspecified atom stereocenters. The minimum Gasteiger partial charge on any atom is -0.461 e. The van der Waals surface area contributed by atoms with Gasteiger partial charge >= 0.3 is 5.97 Å². The van der Waals surface area contributed by atoms with E-state index < -0.39 is 5.97 Å². The number of rotatable bonds is 5. The molecular formula is C12H15N3O3. The number of ether oxygens (including phenoxy) is 1. The van der Waals surface area contributed by atoms with Crippen LogP contribution in [0.4, 0.5) is 5.69 Å². The van der Waals surface area contributed by atoms with E-state index in [0.717, 1.165) is 11.8 Å². The van der Waals surface area contributed by atoms with Gasteiger partial charge in [0.2, 0.25) is 0 Å². The fourth-order valence-electron chi connectivity index (χ4n) is 1.14. The van der Waals surface area contributed by atoms with Crippen molar-refractivity contribution in [1.29, 1.82) is 0 Å². The maximum absolute atomic E-state index is 11.4. The van der Waals surface area contributed by atoms with Gasteiger partial charge in [-0.25, -0.2) is 4.79 Å². The van der Waals surface area contributed by atoms with Crippen molar-refractivity contribution < 1.29 is 14.7 Å². The lowest BCUT2D eigenvalue weighted by atomic mass is 10.2. The molecule has 0 aromatic heterocycles. The Kier molecular flexibility index (Phi) is 5.37. The highest BCUT2D eigenvalue weighted by molar-refractivity contribution is 6.59. The average molecular weight is 249 g/mol. The third kappa shape index (κ3) is 4.25. The third-order valence-corrected chi connectivity index (χ3v) is 2.02. The number of hydrazone groups is 1. The lowest BCUT2D eigenvalue weighted by molar-refractivity contribution is -0.134. The topological polar surface area (TPSA) is 83.3 Å². The van der Waals surface area contributed by atoms with E-state index in [1.165, 1.54) is 0 Å². The van der Waals surface area contributed by atoms with E-state index in [0.29, 0.717) is 5.69 Å². The van der Waals surface area contributed by atoms with Crippen LogP contribution in [0, 0.1) is 6.92 Å². The molecule has 1 aromatic carbocycles. The molecule has 18 heavy (non-hydrogen) atoms. The quantitative estimate of drug-likeness (QED) is 0.360. The Bertz CT molecular complexity index is 452. The van der Waals surface area contributed by atoms with Crippen molar-refractivity contribution in [3.05, 3.63) is 29.8 Å². The van der Waals surface area contributed by atoms with Crippen LogP contribution >= 0.6 is 0 Å². The van der Waals surface area contributed by atoms with Crippen molar-refractivity contribution in [1.82, 2.24) is 0 Å². The van der Waals surface area contributed by atoms with E-state index >= 15 is 0 Å². The smallest absolute Gasteiger partial charge is 0.360 e. The summed E-state index contributed by atoms with van der Waals surface area (Å²) in [6.45, 7) is 3.87. The Morgan fingerprint density at radius 3 is 2.67 bits per heavy atom. The van der Waals surface area contributed by atoms with Crippen LogP contribution in [0.1, 0.15) is 12.5 Å². The van der Waals surface area contributed by atoms with Crippen molar-refractivity contribution >= 4 is 23.6 Å². The van der Waals surface area contributed by atoms with Gasteiger partial charge in [0, 0.05) is 0 Å². The molecule has 0 heterocycles. The summed E-state index contributed by atoms with van der Waals surface area (Å²) >= 11 is 0. The molecule has 96 valence electrons. The summed E-state index contributed by atoms with van der Waals surface area (Å²) in [5.74, 6) is -0.657. The molecule has 0 fully saturated rings. The number of benzene rings is 1. The van der Waals surface area contributed by atoms with Crippen LogP contribution in [0.25, 0.3) is 0 Å². The van der Waals surface area contributed by atoms with Crippen LogP contribution in [-0.4, -0.2) is 29.7 Å². The number of carbonyl (C=O) groups is 1. The van der Waals surface area contributed by atoms with Gasteiger partial charge in [-0.05, 0) is 26.0 Å². The number of aryl methyl sites for hydroxylation is 1. The highest BCUT2D eigenvalue weighted by Crippen LogP contribution is 2.08. The second-order valence-electron chi connectivity index (χ2n) is 3.44. The molecule has 1 aromatic rings. The second-order valence-corrected chi connectivity index (χ2v) is 3.44. The second kappa shape index (κ2) is 7.05. The van der Waals surface area contributed by atoms with Crippen molar-refractivity contribution in [3.8, 4) is 0 Å². The van der Waals surface area contributed by atoms with E-state index in [1.54, 1.807) is 6.92 Å². The first-order valence-electron chi connectivity index (χ1n) is 5.42. The molecular weight excluding hydrogens is 234 g/mol. The maximum atomic E-state index is 11.4. The van der Waals surface area contributed by atoms with E-state index in [1.807, 2.05) is 31.2 Å². The first-order chi connectivity index (χ1) is 8.67. The molecule has 0 amide bonds. The summed E-state index contributed by atoms with van der Waals surface area (Å²) in [6.07, 6.45) is 0.916. The number of hydrogen-bond donors (Lipinski definition) is 2. The lowest BCUT2D eigenvalue weighted by Gasteiger charge is -2.03. The van der Waals surface area contributed by atoms with E-state index in [2.05, 4.69) is 15.7 Å². The Balaban J connectivity index is 2.77. The molecule has 0 bridgehead atoms. The highest BCUT2D eigenvalue weighted by Gasteiger charge is 2.10. The van der Waals surface area contributed by atoms with Crippen molar-refractivity contribution in [2.45, 2.75) is 13.8 Å². The van der Waals surface area contributed by atoms with Gasteiger partial charge in [-0.3, -0.25) is 5.43 Å². The predicted octanol–water partition coefficient (Wildman–Crippen LogP) is 1.79. The van der Waals surface area contributed by atoms with Gasteiger partial charge in [0.05, 0.1) is 12.3 Å². The summed E-state index contributed by atoms with van der Waals surface area (Å²) in [5, 5.41) is 15.0. The SMILES string of the molecule is CCOC(=O)C(/C=N\O)=N\Nc1ccc(C)cc1. The van der Waals surface area contributed by atoms with Gasteiger partial charge in [0.15, 0.2) is 5.71 Å². The molecule has 0 aliphatic carbocycles. The zero-order valence-corrected chi connectivity index (χ0v) is 10.3. The van der Waals surface area contributed by atoms with Crippen LogP contribution in [0.3, 0.4) is 0 Å². The monoisotopic (exact) mass is 249 g/mol. The van der Waals surface area contributed by atoms with Gasteiger partial charge in [-0.15, -0.1) is 0 Å². The largest absolute Gasteiger partial charge is 0.461 e. The molecule has 0 saturated carbocycles. The first-order valence-corrected chi connectivity index (χ1v) is 5.42. The molecule has 0 atom stereocenters. The predicted molar refractivity (Wildman–Crippen MR) is 69.1 cm³/mol. The molecule has 1 rings (SSSR count). The van der Waals surface area contributed by atoms with Gasteiger partial charge < -0.3 is 9.94 Å². The maximum Gasteiger partial charge on any atom is 0.360 e. The Morgan fingerprint density at radius 1 is 1.44 bits per heavy atom. The molecule has 0 saturated heterocycles.